The molecule has 0 amide bonds. The maximum absolute atomic E-state index is 10.9. The first-order valence-corrected chi connectivity index (χ1v) is 5.97. The molecular formula is C12H22O3. The minimum absolute atomic E-state index is 0.224. The van der Waals surface area contributed by atoms with Gasteiger partial charge in [0.1, 0.15) is 0 Å². The number of methoxy groups -OCH3 is 1. The molecule has 1 rings (SSSR count). The molecular weight excluding hydrogens is 192 g/mol. The fourth-order valence-corrected chi connectivity index (χ4v) is 2.31. The maximum Gasteiger partial charge on any atom is 0.305 e. The molecule has 1 atom stereocenters. The zero-order valence-electron chi connectivity index (χ0n) is 9.58. The molecule has 0 aliphatic heterocycles. The number of hydrogen-bond donors (Lipinski definition) is 1. The summed E-state index contributed by atoms with van der Waals surface area (Å²) in [6.07, 6.45) is 7.85. The summed E-state index contributed by atoms with van der Waals surface area (Å²) in [6, 6.07) is 0. The number of carbonyl (C=O) groups is 1. The smallest absolute Gasteiger partial charge is 0.305 e. The van der Waals surface area contributed by atoms with Crippen LogP contribution >= 0.6 is 0 Å². The van der Waals surface area contributed by atoms with Crippen molar-refractivity contribution in [2.45, 2.75) is 57.5 Å². The Balaban J connectivity index is 2.11. The van der Waals surface area contributed by atoms with E-state index in [1.807, 2.05) is 0 Å². The summed E-state index contributed by atoms with van der Waals surface area (Å²) in [7, 11) is 1.38. The minimum atomic E-state index is -0.327. The highest BCUT2D eigenvalue weighted by Crippen LogP contribution is 2.28. The van der Waals surface area contributed by atoms with Gasteiger partial charge in [0.2, 0.25) is 0 Å². The summed E-state index contributed by atoms with van der Waals surface area (Å²) < 4.78 is 4.54. The highest BCUT2D eigenvalue weighted by atomic mass is 16.5. The Kier molecular flexibility index (Phi) is 5.69. The molecule has 0 heterocycles. The lowest BCUT2D eigenvalue weighted by Crippen LogP contribution is -2.17. The van der Waals surface area contributed by atoms with Gasteiger partial charge in [0, 0.05) is 6.42 Å². The lowest BCUT2D eigenvalue weighted by atomic mass is 9.85. The summed E-state index contributed by atoms with van der Waals surface area (Å²) in [5.74, 6) is 0.448. The van der Waals surface area contributed by atoms with Crippen molar-refractivity contribution in [3.63, 3.8) is 0 Å². The summed E-state index contributed by atoms with van der Waals surface area (Å²) in [6.45, 7) is 0. The molecule has 0 bridgehead atoms. The van der Waals surface area contributed by atoms with Crippen LogP contribution in [0.3, 0.4) is 0 Å². The third-order valence-corrected chi connectivity index (χ3v) is 3.24. The number of rotatable bonds is 5. The second kappa shape index (κ2) is 6.83. The van der Waals surface area contributed by atoms with Crippen LogP contribution in [0.5, 0.6) is 0 Å². The fourth-order valence-electron chi connectivity index (χ4n) is 2.31. The van der Waals surface area contributed by atoms with Crippen LogP contribution in [0, 0.1) is 5.92 Å². The van der Waals surface area contributed by atoms with Crippen molar-refractivity contribution >= 4 is 5.97 Å². The first-order chi connectivity index (χ1) is 7.22. The summed E-state index contributed by atoms with van der Waals surface area (Å²) >= 11 is 0. The third kappa shape index (κ3) is 5.17. The molecule has 0 aromatic rings. The molecule has 15 heavy (non-hydrogen) atoms. The van der Waals surface area contributed by atoms with Gasteiger partial charge in [0.25, 0.3) is 0 Å². The number of aliphatic hydroxyl groups excluding tert-OH is 1. The number of aliphatic hydroxyl groups is 1. The van der Waals surface area contributed by atoms with Gasteiger partial charge in [-0.15, -0.1) is 0 Å². The van der Waals surface area contributed by atoms with Crippen LogP contribution in [-0.2, 0) is 9.53 Å². The Hall–Kier alpha value is -0.570. The first kappa shape index (κ1) is 12.5. The second-order valence-corrected chi connectivity index (χ2v) is 4.51. The van der Waals surface area contributed by atoms with Crippen molar-refractivity contribution in [3.8, 4) is 0 Å². The van der Waals surface area contributed by atoms with Gasteiger partial charge in [-0.25, -0.2) is 0 Å². The van der Waals surface area contributed by atoms with Crippen LogP contribution in [0.2, 0.25) is 0 Å². The summed E-state index contributed by atoms with van der Waals surface area (Å²) in [5, 5.41) is 9.74. The molecule has 0 radical (unpaired) electrons. The van der Waals surface area contributed by atoms with E-state index in [4.69, 9.17) is 0 Å². The molecule has 1 fully saturated rings. The molecule has 1 aliphatic rings. The van der Waals surface area contributed by atoms with Gasteiger partial charge in [-0.05, 0) is 18.8 Å². The van der Waals surface area contributed by atoms with Crippen molar-refractivity contribution in [2.75, 3.05) is 7.11 Å². The van der Waals surface area contributed by atoms with Gasteiger partial charge >= 0.3 is 5.97 Å². The normalized spacial score (nSPS) is 19.9. The second-order valence-electron chi connectivity index (χ2n) is 4.51. The average molecular weight is 214 g/mol. The van der Waals surface area contributed by atoms with Crippen LogP contribution in [-0.4, -0.2) is 24.3 Å². The molecule has 0 saturated heterocycles. The highest BCUT2D eigenvalue weighted by molar-refractivity contribution is 5.69. The largest absolute Gasteiger partial charge is 0.469 e. The van der Waals surface area contributed by atoms with Gasteiger partial charge in [-0.2, -0.15) is 0 Å². The van der Waals surface area contributed by atoms with Crippen molar-refractivity contribution < 1.29 is 14.6 Å². The average Bonchev–Trinajstić information content (AvgIpc) is 2.27. The van der Waals surface area contributed by atoms with Gasteiger partial charge in [0.05, 0.1) is 13.2 Å². The maximum atomic E-state index is 10.9. The molecule has 1 saturated carbocycles. The van der Waals surface area contributed by atoms with Crippen molar-refractivity contribution in [2.24, 2.45) is 5.92 Å². The minimum Gasteiger partial charge on any atom is -0.469 e. The molecule has 1 aliphatic carbocycles. The van der Waals surface area contributed by atoms with Crippen molar-refractivity contribution in [3.05, 3.63) is 0 Å². The van der Waals surface area contributed by atoms with E-state index in [-0.39, 0.29) is 12.1 Å². The Morgan fingerprint density at radius 1 is 1.40 bits per heavy atom. The van der Waals surface area contributed by atoms with E-state index in [0.29, 0.717) is 18.8 Å². The van der Waals surface area contributed by atoms with Gasteiger partial charge in [-0.3, -0.25) is 4.79 Å². The van der Waals surface area contributed by atoms with E-state index in [1.54, 1.807) is 0 Å². The van der Waals surface area contributed by atoms with Crippen LogP contribution in [0.4, 0.5) is 0 Å². The molecule has 0 aromatic carbocycles. The molecule has 3 heteroatoms. The molecule has 3 nitrogen and oxygen atoms in total. The van der Waals surface area contributed by atoms with E-state index in [9.17, 15) is 9.90 Å². The number of esters is 1. The zero-order chi connectivity index (χ0) is 11.1. The lowest BCUT2D eigenvalue weighted by Gasteiger charge is -2.23. The predicted molar refractivity (Wildman–Crippen MR) is 58.4 cm³/mol. The number of hydrogen-bond acceptors (Lipinski definition) is 3. The predicted octanol–water partition coefficient (Wildman–Crippen LogP) is 2.27. The SMILES string of the molecule is COC(=O)CCC(O)CC1CCCCC1. The Morgan fingerprint density at radius 2 is 2.07 bits per heavy atom. The fraction of sp³-hybridized carbons (Fsp3) is 0.917. The van der Waals surface area contributed by atoms with Crippen molar-refractivity contribution in [1.82, 2.24) is 0 Å². The molecule has 88 valence electrons. The molecule has 0 aromatic heterocycles. The Bertz CT molecular complexity index is 185. The number of ether oxygens (including phenoxy) is 1. The van der Waals surface area contributed by atoms with Crippen LogP contribution in [0.1, 0.15) is 51.4 Å². The van der Waals surface area contributed by atoms with E-state index in [2.05, 4.69) is 4.74 Å². The van der Waals surface area contributed by atoms with Crippen LogP contribution in [0.15, 0.2) is 0 Å². The van der Waals surface area contributed by atoms with E-state index >= 15 is 0 Å². The Morgan fingerprint density at radius 3 is 2.67 bits per heavy atom. The summed E-state index contributed by atoms with van der Waals surface area (Å²) in [4.78, 5) is 10.9. The van der Waals surface area contributed by atoms with Crippen LogP contribution < -0.4 is 0 Å². The standard InChI is InChI=1S/C12H22O3/c1-15-12(14)8-7-11(13)9-10-5-3-2-4-6-10/h10-11,13H,2-9H2,1H3. The highest BCUT2D eigenvalue weighted by Gasteiger charge is 2.18. The first-order valence-electron chi connectivity index (χ1n) is 5.97. The van der Waals surface area contributed by atoms with Gasteiger partial charge < -0.3 is 9.84 Å². The third-order valence-electron chi connectivity index (χ3n) is 3.24. The molecule has 1 unspecified atom stereocenters. The van der Waals surface area contributed by atoms with Crippen molar-refractivity contribution in [1.29, 1.82) is 0 Å². The lowest BCUT2D eigenvalue weighted by molar-refractivity contribution is -0.141. The van der Waals surface area contributed by atoms with Crippen LogP contribution in [0.25, 0.3) is 0 Å². The Labute approximate surface area is 91.8 Å². The topological polar surface area (TPSA) is 46.5 Å². The quantitative estimate of drug-likeness (QED) is 0.714. The van der Waals surface area contributed by atoms with Gasteiger partial charge in [-0.1, -0.05) is 32.1 Å². The van der Waals surface area contributed by atoms with Gasteiger partial charge in [0.15, 0.2) is 0 Å². The molecule has 1 N–H and O–H groups in total. The molecule has 0 spiro atoms. The number of carbonyl (C=O) groups excluding carboxylic acids is 1. The summed E-state index contributed by atoms with van der Waals surface area (Å²) in [5.41, 5.74) is 0. The van der Waals surface area contributed by atoms with E-state index < -0.39 is 0 Å². The monoisotopic (exact) mass is 214 g/mol. The zero-order valence-corrected chi connectivity index (χ0v) is 9.58. The van der Waals surface area contributed by atoms with E-state index in [1.165, 1.54) is 39.2 Å². The van der Waals surface area contributed by atoms with E-state index in [0.717, 1.165) is 6.42 Å².